The maximum Gasteiger partial charge on any atom is 0.231 e. The molecule has 0 amide bonds. The molecular weight excluding hydrogens is 184 g/mol. The molecule has 4 heteroatoms. The Balaban J connectivity index is 2.17. The maximum absolute atomic E-state index is 11.6. The van der Waals surface area contributed by atoms with Crippen LogP contribution >= 0.6 is 0 Å². The van der Waals surface area contributed by atoms with Crippen molar-refractivity contribution in [2.45, 2.75) is 13.0 Å². The lowest BCUT2D eigenvalue weighted by Crippen LogP contribution is -2.14. The van der Waals surface area contributed by atoms with Crippen molar-refractivity contribution in [3.63, 3.8) is 0 Å². The molecule has 0 aliphatic carbocycles. The van der Waals surface area contributed by atoms with E-state index in [0.717, 1.165) is 0 Å². The van der Waals surface area contributed by atoms with Crippen LogP contribution in [0.1, 0.15) is 17.3 Å². The second-order valence-electron chi connectivity index (χ2n) is 3.33. The zero-order chi connectivity index (χ0) is 9.71. The van der Waals surface area contributed by atoms with Crippen molar-refractivity contribution >= 4 is 5.78 Å². The number of carbonyl (C=O) groups is 1. The van der Waals surface area contributed by atoms with Gasteiger partial charge in [-0.05, 0) is 13.0 Å². The van der Waals surface area contributed by atoms with Crippen molar-refractivity contribution < 1.29 is 19.0 Å². The molecule has 1 atom stereocenters. The van der Waals surface area contributed by atoms with Gasteiger partial charge in [-0.25, -0.2) is 0 Å². The number of hydrogen-bond acceptors (Lipinski definition) is 4. The summed E-state index contributed by atoms with van der Waals surface area (Å²) in [6.07, 6.45) is -0.396. The summed E-state index contributed by atoms with van der Waals surface area (Å²) in [6.45, 7) is 1.94. The number of rotatable bonds is 0. The van der Waals surface area contributed by atoms with Crippen molar-refractivity contribution in [3.05, 3.63) is 17.7 Å². The quantitative estimate of drug-likeness (QED) is 0.622. The van der Waals surface area contributed by atoms with E-state index in [1.807, 2.05) is 0 Å². The molecular formula is C10H8O4. The molecule has 2 aliphatic heterocycles. The predicted molar refractivity (Wildman–Crippen MR) is 47.0 cm³/mol. The Bertz CT molecular complexity index is 424. The fraction of sp³-hybridized carbons (Fsp3) is 0.300. The monoisotopic (exact) mass is 192 g/mol. The van der Waals surface area contributed by atoms with Gasteiger partial charge in [-0.15, -0.1) is 0 Å². The van der Waals surface area contributed by atoms with E-state index >= 15 is 0 Å². The van der Waals surface area contributed by atoms with E-state index in [1.165, 1.54) is 0 Å². The van der Waals surface area contributed by atoms with Crippen LogP contribution in [0, 0.1) is 0 Å². The summed E-state index contributed by atoms with van der Waals surface area (Å²) >= 11 is 0. The molecule has 0 saturated carbocycles. The van der Waals surface area contributed by atoms with Gasteiger partial charge in [0.25, 0.3) is 0 Å². The highest BCUT2D eigenvalue weighted by atomic mass is 16.7. The van der Waals surface area contributed by atoms with Crippen LogP contribution in [0.25, 0.3) is 0 Å². The standard InChI is InChI=1S/C10H8O4/c1-5-10(11)6-2-8-9(13-4-12-8)3-7(6)14-5/h2-3,5H,4H2,1H3. The first kappa shape index (κ1) is 7.67. The summed E-state index contributed by atoms with van der Waals surface area (Å²) in [7, 11) is 0. The van der Waals surface area contributed by atoms with E-state index in [9.17, 15) is 4.79 Å². The normalized spacial score (nSPS) is 22.1. The number of ketones is 1. The van der Waals surface area contributed by atoms with Crippen LogP contribution in [0.15, 0.2) is 12.1 Å². The van der Waals surface area contributed by atoms with E-state index in [0.29, 0.717) is 22.8 Å². The van der Waals surface area contributed by atoms with Crippen LogP contribution in [0.5, 0.6) is 17.2 Å². The molecule has 0 saturated heterocycles. The molecule has 1 aromatic carbocycles. The molecule has 3 rings (SSSR count). The molecule has 2 heterocycles. The minimum Gasteiger partial charge on any atom is -0.482 e. The SMILES string of the molecule is CC1Oc2cc3c(cc2C1=O)OCO3. The van der Waals surface area contributed by atoms with Crippen LogP contribution in [-0.2, 0) is 0 Å². The lowest BCUT2D eigenvalue weighted by Gasteiger charge is -2.01. The predicted octanol–water partition coefficient (Wildman–Crippen LogP) is 1.38. The molecule has 0 radical (unpaired) electrons. The summed E-state index contributed by atoms with van der Waals surface area (Å²) in [5.74, 6) is 1.85. The molecule has 0 fully saturated rings. The molecule has 72 valence electrons. The third kappa shape index (κ3) is 0.852. The van der Waals surface area contributed by atoms with Crippen molar-refractivity contribution in [2.24, 2.45) is 0 Å². The van der Waals surface area contributed by atoms with Gasteiger partial charge in [-0.2, -0.15) is 0 Å². The summed E-state index contributed by atoms with van der Waals surface area (Å²) in [6, 6.07) is 3.39. The maximum atomic E-state index is 11.6. The van der Waals surface area contributed by atoms with Gasteiger partial charge in [0.1, 0.15) is 5.75 Å². The Hall–Kier alpha value is -1.71. The van der Waals surface area contributed by atoms with Crippen molar-refractivity contribution in [1.29, 1.82) is 0 Å². The van der Waals surface area contributed by atoms with Crippen molar-refractivity contribution in [1.82, 2.24) is 0 Å². The average molecular weight is 192 g/mol. The third-order valence-corrected chi connectivity index (χ3v) is 2.41. The highest BCUT2D eigenvalue weighted by Gasteiger charge is 2.31. The largest absolute Gasteiger partial charge is 0.482 e. The molecule has 2 aliphatic rings. The van der Waals surface area contributed by atoms with E-state index in [4.69, 9.17) is 14.2 Å². The fourth-order valence-corrected chi connectivity index (χ4v) is 1.68. The first-order valence-corrected chi connectivity index (χ1v) is 4.40. The molecule has 14 heavy (non-hydrogen) atoms. The molecule has 1 aromatic rings. The second-order valence-corrected chi connectivity index (χ2v) is 3.33. The molecule has 4 nitrogen and oxygen atoms in total. The van der Waals surface area contributed by atoms with Gasteiger partial charge in [0.05, 0.1) is 5.56 Å². The number of benzene rings is 1. The third-order valence-electron chi connectivity index (χ3n) is 2.41. The Morgan fingerprint density at radius 3 is 2.71 bits per heavy atom. The Labute approximate surface area is 80.4 Å². The Morgan fingerprint density at radius 1 is 1.21 bits per heavy atom. The second kappa shape index (κ2) is 2.41. The summed E-state index contributed by atoms with van der Waals surface area (Å²) in [4.78, 5) is 11.6. The van der Waals surface area contributed by atoms with E-state index in [-0.39, 0.29) is 12.6 Å². The fourth-order valence-electron chi connectivity index (χ4n) is 1.68. The van der Waals surface area contributed by atoms with Crippen molar-refractivity contribution in [2.75, 3.05) is 6.79 Å². The molecule has 0 bridgehead atoms. The van der Waals surface area contributed by atoms with Gasteiger partial charge in [-0.3, -0.25) is 4.79 Å². The lowest BCUT2D eigenvalue weighted by atomic mass is 10.1. The summed E-state index contributed by atoms with van der Waals surface area (Å²) in [5, 5.41) is 0. The zero-order valence-corrected chi connectivity index (χ0v) is 7.57. The zero-order valence-electron chi connectivity index (χ0n) is 7.57. The Morgan fingerprint density at radius 2 is 1.93 bits per heavy atom. The number of hydrogen-bond donors (Lipinski definition) is 0. The van der Waals surface area contributed by atoms with Gasteiger partial charge < -0.3 is 14.2 Å². The number of ether oxygens (including phenoxy) is 3. The number of fused-ring (bicyclic) bond motifs is 2. The minimum absolute atomic E-state index is 0.00157. The lowest BCUT2D eigenvalue weighted by molar-refractivity contribution is 0.0877. The summed E-state index contributed by atoms with van der Waals surface area (Å²) in [5.41, 5.74) is 0.585. The number of Topliss-reactive ketones (excluding diaryl/α,β-unsaturated/α-hetero) is 1. The first-order chi connectivity index (χ1) is 6.75. The Kier molecular flexibility index (Phi) is 1.32. The van der Waals surface area contributed by atoms with Gasteiger partial charge in [-0.1, -0.05) is 0 Å². The van der Waals surface area contributed by atoms with Crippen LogP contribution in [0.4, 0.5) is 0 Å². The van der Waals surface area contributed by atoms with Crippen LogP contribution in [-0.4, -0.2) is 18.7 Å². The van der Waals surface area contributed by atoms with E-state index in [1.54, 1.807) is 19.1 Å². The highest BCUT2D eigenvalue weighted by molar-refractivity contribution is 6.05. The van der Waals surface area contributed by atoms with Gasteiger partial charge in [0.2, 0.25) is 12.6 Å². The summed E-state index contributed by atoms with van der Waals surface area (Å²) < 4.78 is 15.7. The van der Waals surface area contributed by atoms with Crippen molar-refractivity contribution in [3.8, 4) is 17.2 Å². The molecule has 0 N–H and O–H groups in total. The van der Waals surface area contributed by atoms with Crippen LogP contribution in [0.3, 0.4) is 0 Å². The minimum atomic E-state index is -0.396. The molecule has 0 aromatic heterocycles. The van der Waals surface area contributed by atoms with Gasteiger partial charge in [0.15, 0.2) is 17.6 Å². The topological polar surface area (TPSA) is 44.8 Å². The van der Waals surface area contributed by atoms with Crippen LogP contribution in [0.2, 0.25) is 0 Å². The van der Waals surface area contributed by atoms with Gasteiger partial charge >= 0.3 is 0 Å². The first-order valence-electron chi connectivity index (χ1n) is 4.40. The smallest absolute Gasteiger partial charge is 0.231 e. The highest BCUT2D eigenvalue weighted by Crippen LogP contribution is 2.41. The van der Waals surface area contributed by atoms with E-state index in [2.05, 4.69) is 0 Å². The van der Waals surface area contributed by atoms with Gasteiger partial charge in [0, 0.05) is 6.07 Å². The van der Waals surface area contributed by atoms with E-state index < -0.39 is 6.10 Å². The number of carbonyl (C=O) groups excluding carboxylic acids is 1. The molecule has 1 unspecified atom stereocenters. The molecule has 0 spiro atoms. The van der Waals surface area contributed by atoms with Crippen LogP contribution < -0.4 is 14.2 Å². The average Bonchev–Trinajstić information content (AvgIpc) is 2.70.